The summed E-state index contributed by atoms with van der Waals surface area (Å²) in [5.41, 5.74) is 6.68. The molecule has 1 rings (SSSR count). The molecule has 0 saturated carbocycles. The highest BCUT2D eigenvalue weighted by molar-refractivity contribution is 7.90. The van der Waals surface area contributed by atoms with E-state index in [0.29, 0.717) is 12.2 Å². The van der Waals surface area contributed by atoms with E-state index in [-0.39, 0.29) is 5.41 Å². The van der Waals surface area contributed by atoms with Gasteiger partial charge in [0.15, 0.2) is 0 Å². The molecule has 0 radical (unpaired) electrons. The Hall–Kier alpha value is -1.11. The van der Waals surface area contributed by atoms with E-state index in [9.17, 15) is 8.42 Å². The average Bonchev–Trinajstić information content (AvgIpc) is 2.25. The summed E-state index contributed by atoms with van der Waals surface area (Å²) in [6.07, 6.45) is 0. The summed E-state index contributed by atoms with van der Waals surface area (Å²) in [6.45, 7) is 10.0. The number of benzene rings is 1. The van der Waals surface area contributed by atoms with E-state index in [2.05, 4.69) is 9.44 Å². The molecule has 0 fully saturated rings. The summed E-state index contributed by atoms with van der Waals surface area (Å²) >= 11 is 0. The Morgan fingerprint density at radius 3 is 1.95 bits per heavy atom. The van der Waals surface area contributed by atoms with Crippen molar-refractivity contribution in [2.24, 2.45) is 5.73 Å². The monoisotopic (exact) mass is 299 g/mol. The topological polar surface area (TPSA) is 84.2 Å². The number of hydrogen-bond acceptors (Lipinski definition) is 3. The molecule has 0 bridgehead atoms. The molecule has 0 aliphatic carbocycles. The largest absolute Gasteiger partial charge is 0.330 e. The Balaban J connectivity index is 2.86. The molecule has 0 aliphatic heterocycles. The predicted octanol–water partition coefficient (Wildman–Crippen LogP) is 1.97. The molecule has 0 unspecified atom stereocenters. The minimum Gasteiger partial charge on any atom is -0.330 e. The van der Waals surface area contributed by atoms with Crippen molar-refractivity contribution in [3.05, 3.63) is 29.8 Å². The maximum absolute atomic E-state index is 11.9. The van der Waals surface area contributed by atoms with Crippen LogP contribution in [0.4, 0.5) is 5.69 Å². The first-order valence-electron chi connectivity index (χ1n) is 6.57. The Morgan fingerprint density at radius 2 is 1.55 bits per heavy atom. The van der Waals surface area contributed by atoms with Gasteiger partial charge in [0.1, 0.15) is 0 Å². The third-order valence-electron chi connectivity index (χ3n) is 2.87. The fourth-order valence-corrected chi connectivity index (χ4v) is 2.99. The van der Waals surface area contributed by atoms with Crippen molar-refractivity contribution in [2.45, 2.75) is 45.6 Å². The normalized spacial score (nSPS) is 13.3. The predicted molar refractivity (Wildman–Crippen MR) is 84.0 cm³/mol. The molecule has 0 aromatic heterocycles. The third kappa shape index (κ3) is 5.11. The SMILES string of the molecule is CC(C)(C)NS(=O)(=O)Nc1ccc(C(C)(C)CN)cc1. The highest BCUT2D eigenvalue weighted by atomic mass is 32.2. The number of nitrogens with two attached hydrogens (primary N) is 1. The molecular formula is C14H25N3O2S. The van der Waals surface area contributed by atoms with Gasteiger partial charge in [-0.2, -0.15) is 13.1 Å². The molecule has 0 heterocycles. The van der Waals surface area contributed by atoms with Crippen LogP contribution in [0.5, 0.6) is 0 Å². The van der Waals surface area contributed by atoms with Crippen molar-refractivity contribution in [3.8, 4) is 0 Å². The average molecular weight is 299 g/mol. The van der Waals surface area contributed by atoms with Crippen LogP contribution in [-0.4, -0.2) is 20.5 Å². The first-order valence-corrected chi connectivity index (χ1v) is 8.06. The first-order chi connectivity index (χ1) is 8.95. The quantitative estimate of drug-likeness (QED) is 0.777. The van der Waals surface area contributed by atoms with Crippen LogP contribution in [0.15, 0.2) is 24.3 Å². The smallest absolute Gasteiger partial charge is 0.299 e. The van der Waals surface area contributed by atoms with E-state index in [1.165, 1.54) is 0 Å². The van der Waals surface area contributed by atoms with Crippen LogP contribution in [0, 0.1) is 0 Å². The summed E-state index contributed by atoms with van der Waals surface area (Å²) in [6, 6.07) is 7.27. The molecule has 20 heavy (non-hydrogen) atoms. The van der Waals surface area contributed by atoms with E-state index in [1.807, 2.05) is 26.0 Å². The third-order valence-corrected chi connectivity index (χ3v) is 4.25. The second kappa shape index (κ2) is 5.71. The summed E-state index contributed by atoms with van der Waals surface area (Å²) in [4.78, 5) is 0. The number of nitrogens with one attached hydrogen (secondary N) is 2. The number of anilines is 1. The minimum absolute atomic E-state index is 0.124. The summed E-state index contributed by atoms with van der Waals surface area (Å²) in [5.74, 6) is 0. The summed E-state index contributed by atoms with van der Waals surface area (Å²) < 4.78 is 28.9. The van der Waals surface area contributed by atoms with Crippen LogP contribution >= 0.6 is 0 Å². The van der Waals surface area contributed by atoms with Crippen LogP contribution in [0.2, 0.25) is 0 Å². The van der Waals surface area contributed by atoms with E-state index < -0.39 is 15.7 Å². The van der Waals surface area contributed by atoms with Crippen molar-refractivity contribution in [3.63, 3.8) is 0 Å². The fourth-order valence-electron chi connectivity index (χ4n) is 1.69. The second-order valence-corrected chi connectivity index (χ2v) is 8.04. The molecule has 0 atom stereocenters. The Morgan fingerprint density at radius 1 is 1.05 bits per heavy atom. The van der Waals surface area contributed by atoms with Gasteiger partial charge in [-0.25, -0.2) is 0 Å². The van der Waals surface area contributed by atoms with Gasteiger partial charge in [-0.15, -0.1) is 0 Å². The van der Waals surface area contributed by atoms with Crippen molar-refractivity contribution < 1.29 is 8.42 Å². The lowest BCUT2D eigenvalue weighted by molar-refractivity contribution is 0.494. The summed E-state index contributed by atoms with van der Waals surface area (Å²) in [5, 5.41) is 0. The van der Waals surface area contributed by atoms with E-state index >= 15 is 0 Å². The van der Waals surface area contributed by atoms with Crippen molar-refractivity contribution in [2.75, 3.05) is 11.3 Å². The molecule has 114 valence electrons. The molecule has 0 spiro atoms. The van der Waals surface area contributed by atoms with Gasteiger partial charge in [0.05, 0.1) is 0 Å². The zero-order chi connectivity index (χ0) is 15.6. The van der Waals surface area contributed by atoms with E-state index in [0.717, 1.165) is 5.56 Å². The number of hydrogen-bond donors (Lipinski definition) is 3. The van der Waals surface area contributed by atoms with Crippen LogP contribution in [-0.2, 0) is 15.6 Å². The standard InChI is InChI=1S/C14H25N3O2S/c1-13(2,3)17-20(18,19)16-12-8-6-11(7-9-12)14(4,5)10-15/h6-9,16-17H,10,15H2,1-5H3. The maximum Gasteiger partial charge on any atom is 0.299 e. The van der Waals surface area contributed by atoms with Gasteiger partial charge < -0.3 is 5.73 Å². The summed E-state index contributed by atoms with van der Waals surface area (Å²) in [7, 11) is -3.57. The molecule has 0 amide bonds. The van der Waals surface area contributed by atoms with Crippen LogP contribution in [0.25, 0.3) is 0 Å². The minimum atomic E-state index is -3.57. The zero-order valence-electron chi connectivity index (χ0n) is 12.8. The van der Waals surface area contributed by atoms with E-state index in [1.54, 1.807) is 32.9 Å². The van der Waals surface area contributed by atoms with Crippen molar-refractivity contribution in [1.29, 1.82) is 0 Å². The maximum atomic E-state index is 11.9. The molecule has 4 N–H and O–H groups in total. The van der Waals surface area contributed by atoms with Gasteiger partial charge >= 0.3 is 0 Å². The lowest BCUT2D eigenvalue weighted by Gasteiger charge is -2.24. The molecule has 6 heteroatoms. The first kappa shape index (κ1) is 16.9. The van der Waals surface area contributed by atoms with Crippen molar-refractivity contribution in [1.82, 2.24) is 4.72 Å². The molecule has 5 nitrogen and oxygen atoms in total. The Bertz CT molecular complexity index is 543. The Labute approximate surface area is 122 Å². The van der Waals surface area contributed by atoms with Gasteiger partial charge in [0.2, 0.25) is 0 Å². The van der Waals surface area contributed by atoms with Gasteiger partial charge in [-0.05, 0) is 38.5 Å². The lowest BCUT2D eigenvalue weighted by atomic mass is 9.85. The second-order valence-electron chi connectivity index (χ2n) is 6.62. The molecule has 0 aliphatic rings. The highest BCUT2D eigenvalue weighted by Gasteiger charge is 2.21. The Kier molecular flexibility index (Phi) is 4.84. The molecule has 0 saturated heterocycles. The molecule has 1 aromatic rings. The van der Waals surface area contributed by atoms with Crippen LogP contribution in [0.1, 0.15) is 40.2 Å². The van der Waals surface area contributed by atoms with Crippen molar-refractivity contribution >= 4 is 15.9 Å². The van der Waals surface area contributed by atoms with E-state index in [4.69, 9.17) is 5.73 Å². The van der Waals surface area contributed by atoms with Gasteiger partial charge in [-0.3, -0.25) is 4.72 Å². The molecular weight excluding hydrogens is 274 g/mol. The van der Waals surface area contributed by atoms with Crippen LogP contribution in [0.3, 0.4) is 0 Å². The van der Waals surface area contributed by atoms with Gasteiger partial charge in [-0.1, -0.05) is 26.0 Å². The van der Waals surface area contributed by atoms with Gasteiger partial charge in [0.25, 0.3) is 10.2 Å². The number of rotatable bonds is 5. The lowest BCUT2D eigenvalue weighted by Crippen LogP contribution is -2.43. The van der Waals surface area contributed by atoms with Crippen LogP contribution < -0.4 is 15.2 Å². The van der Waals surface area contributed by atoms with Gasteiger partial charge in [0, 0.05) is 23.2 Å². The zero-order valence-corrected chi connectivity index (χ0v) is 13.6. The molecule has 1 aromatic carbocycles. The fraction of sp³-hybridized carbons (Fsp3) is 0.571. The highest BCUT2D eigenvalue weighted by Crippen LogP contribution is 2.23.